The second-order valence-corrected chi connectivity index (χ2v) is 5.49. The lowest BCUT2D eigenvalue weighted by atomic mass is 10.1. The standard InChI is InChI=1S/C18H18F3NO2/c1-11-7-6-10-16(12(11)2)24-13(3)17(23)22-15-9-5-4-8-14(15)18(19,20)21/h4-10,13H,1-3H3,(H,22,23)/t13-/m0/s1. The van der Waals surface area contributed by atoms with Gasteiger partial charge in [0.25, 0.3) is 5.91 Å². The van der Waals surface area contributed by atoms with Gasteiger partial charge in [0.05, 0.1) is 11.3 Å². The lowest BCUT2D eigenvalue weighted by Crippen LogP contribution is -2.31. The number of benzene rings is 2. The molecule has 0 spiro atoms. The molecule has 0 heterocycles. The highest BCUT2D eigenvalue weighted by molar-refractivity contribution is 5.94. The average Bonchev–Trinajstić information content (AvgIpc) is 2.51. The zero-order valence-electron chi connectivity index (χ0n) is 13.6. The molecule has 1 amide bonds. The molecule has 3 nitrogen and oxygen atoms in total. The van der Waals surface area contributed by atoms with E-state index in [1.807, 2.05) is 19.9 Å². The maximum atomic E-state index is 13.0. The summed E-state index contributed by atoms with van der Waals surface area (Å²) in [6, 6.07) is 10.3. The Labute approximate surface area is 138 Å². The summed E-state index contributed by atoms with van der Waals surface area (Å²) in [5.74, 6) is -0.116. The van der Waals surface area contributed by atoms with E-state index >= 15 is 0 Å². The van der Waals surface area contributed by atoms with Gasteiger partial charge in [0.2, 0.25) is 0 Å². The van der Waals surface area contributed by atoms with Gasteiger partial charge < -0.3 is 10.1 Å². The first kappa shape index (κ1) is 17.8. The van der Waals surface area contributed by atoms with Gasteiger partial charge in [-0.25, -0.2) is 0 Å². The Morgan fingerprint density at radius 2 is 1.75 bits per heavy atom. The van der Waals surface area contributed by atoms with Crippen molar-refractivity contribution >= 4 is 11.6 Å². The first-order valence-electron chi connectivity index (χ1n) is 7.40. The SMILES string of the molecule is Cc1cccc(O[C@@H](C)C(=O)Nc2ccccc2C(F)(F)F)c1C. The van der Waals surface area contributed by atoms with E-state index in [4.69, 9.17) is 4.74 Å². The minimum absolute atomic E-state index is 0.286. The third kappa shape index (κ3) is 4.07. The number of hydrogen-bond donors (Lipinski definition) is 1. The fraction of sp³-hybridized carbons (Fsp3) is 0.278. The summed E-state index contributed by atoms with van der Waals surface area (Å²) in [4.78, 5) is 12.2. The highest BCUT2D eigenvalue weighted by atomic mass is 19.4. The Kier molecular flexibility index (Phi) is 5.17. The predicted octanol–water partition coefficient (Wildman–Crippen LogP) is 4.73. The van der Waals surface area contributed by atoms with Gasteiger partial charge in [-0.05, 0) is 50.1 Å². The van der Waals surface area contributed by atoms with Gasteiger partial charge in [-0.15, -0.1) is 0 Å². The summed E-state index contributed by atoms with van der Waals surface area (Å²) in [6.07, 6.45) is -5.48. The molecule has 0 saturated heterocycles. The number of para-hydroxylation sites is 1. The second-order valence-electron chi connectivity index (χ2n) is 5.49. The van der Waals surface area contributed by atoms with Crippen LogP contribution in [0.5, 0.6) is 5.75 Å². The summed E-state index contributed by atoms with van der Waals surface area (Å²) < 4.78 is 44.5. The minimum atomic E-state index is -4.54. The Balaban J connectivity index is 2.14. The molecule has 6 heteroatoms. The Morgan fingerprint density at radius 3 is 2.42 bits per heavy atom. The number of carbonyl (C=O) groups is 1. The van der Waals surface area contributed by atoms with Crippen LogP contribution in [0, 0.1) is 13.8 Å². The second kappa shape index (κ2) is 6.95. The number of alkyl halides is 3. The van der Waals surface area contributed by atoms with Gasteiger partial charge in [-0.2, -0.15) is 13.2 Å². The number of nitrogens with one attached hydrogen (secondary N) is 1. The van der Waals surface area contributed by atoms with Gasteiger partial charge in [0, 0.05) is 0 Å². The fourth-order valence-electron chi connectivity index (χ4n) is 2.17. The molecule has 2 rings (SSSR count). The molecule has 0 aromatic heterocycles. The number of carbonyl (C=O) groups excluding carboxylic acids is 1. The van der Waals surface area contributed by atoms with Crippen LogP contribution in [0.3, 0.4) is 0 Å². The van der Waals surface area contributed by atoms with Crippen molar-refractivity contribution in [3.63, 3.8) is 0 Å². The highest BCUT2D eigenvalue weighted by Crippen LogP contribution is 2.34. The largest absolute Gasteiger partial charge is 0.481 e. The van der Waals surface area contributed by atoms with E-state index in [-0.39, 0.29) is 5.69 Å². The molecule has 1 N–H and O–H groups in total. The van der Waals surface area contributed by atoms with Crippen molar-refractivity contribution in [1.82, 2.24) is 0 Å². The van der Waals surface area contributed by atoms with E-state index in [2.05, 4.69) is 5.32 Å². The molecule has 2 aromatic rings. The zero-order chi connectivity index (χ0) is 17.9. The van der Waals surface area contributed by atoms with Crippen molar-refractivity contribution < 1.29 is 22.7 Å². The van der Waals surface area contributed by atoms with Crippen molar-refractivity contribution in [3.8, 4) is 5.75 Å². The van der Waals surface area contributed by atoms with E-state index in [0.29, 0.717) is 5.75 Å². The lowest BCUT2D eigenvalue weighted by Gasteiger charge is -2.19. The molecule has 0 bridgehead atoms. The van der Waals surface area contributed by atoms with Gasteiger partial charge in [-0.3, -0.25) is 4.79 Å². The first-order valence-corrected chi connectivity index (χ1v) is 7.40. The van der Waals surface area contributed by atoms with E-state index < -0.39 is 23.8 Å². The summed E-state index contributed by atoms with van der Waals surface area (Å²) in [6.45, 7) is 5.26. The van der Waals surface area contributed by atoms with Crippen molar-refractivity contribution in [3.05, 3.63) is 59.2 Å². The van der Waals surface area contributed by atoms with Crippen LogP contribution < -0.4 is 10.1 Å². The number of amides is 1. The van der Waals surface area contributed by atoms with Gasteiger partial charge >= 0.3 is 6.18 Å². The Hall–Kier alpha value is -2.50. The van der Waals surface area contributed by atoms with Crippen LogP contribution in [0.4, 0.5) is 18.9 Å². The first-order chi connectivity index (χ1) is 11.2. The van der Waals surface area contributed by atoms with Crippen molar-refractivity contribution in [2.45, 2.75) is 33.1 Å². The molecular weight excluding hydrogens is 319 g/mol. The molecule has 0 saturated carbocycles. The smallest absolute Gasteiger partial charge is 0.418 e. The van der Waals surface area contributed by atoms with Crippen LogP contribution in [0.25, 0.3) is 0 Å². The number of rotatable bonds is 4. The van der Waals surface area contributed by atoms with Gasteiger partial charge in [0.1, 0.15) is 5.75 Å². The average molecular weight is 337 g/mol. The van der Waals surface area contributed by atoms with Crippen molar-refractivity contribution in [1.29, 1.82) is 0 Å². The summed E-state index contributed by atoms with van der Waals surface area (Å²) in [5.41, 5.74) is 0.707. The van der Waals surface area contributed by atoms with Gasteiger partial charge in [0.15, 0.2) is 6.10 Å². The van der Waals surface area contributed by atoms with E-state index in [1.54, 1.807) is 12.1 Å². The van der Waals surface area contributed by atoms with E-state index in [9.17, 15) is 18.0 Å². The summed E-state index contributed by atoms with van der Waals surface area (Å²) >= 11 is 0. The zero-order valence-corrected chi connectivity index (χ0v) is 13.6. The van der Waals surface area contributed by atoms with Crippen LogP contribution >= 0.6 is 0 Å². The Morgan fingerprint density at radius 1 is 1.08 bits per heavy atom. The molecule has 0 aliphatic heterocycles. The molecule has 0 aliphatic carbocycles. The lowest BCUT2D eigenvalue weighted by molar-refractivity contribution is -0.137. The molecule has 1 atom stereocenters. The Bertz CT molecular complexity index is 741. The maximum Gasteiger partial charge on any atom is 0.418 e. The van der Waals surface area contributed by atoms with Crippen LogP contribution in [0.2, 0.25) is 0 Å². The van der Waals surface area contributed by atoms with E-state index in [1.165, 1.54) is 25.1 Å². The molecule has 128 valence electrons. The van der Waals surface area contributed by atoms with E-state index in [0.717, 1.165) is 17.2 Å². The third-order valence-corrected chi connectivity index (χ3v) is 3.72. The van der Waals surface area contributed by atoms with Crippen LogP contribution in [0.1, 0.15) is 23.6 Å². The number of ether oxygens (including phenoxy) is 1. The predicted molar refractivity (Wildman–Crippen MR) is 86.1 cm³/mol. The molecule has 24 heavy (non-hydrogen) atoms. The fourth-order valence-corrected chi connectivity index (χ4v) is 2.17. The van der Waals surface area contributed by atoms with Gasteiger partial charge in [-0.1, -0.05) is 24.3 Å². The summed E-state index contributed by atoms with van der Waals surface area (Å²) in [5, 5.41) is 2.29. The van der Waals surface area contributed by atoms with Crippen LogP contribution in [-0.2, 0) is 11.0 Å². The summed E-state index contributed by atoms with van der Waals surface area (Å²) in [7, 11) is 0. The molecule has 0 unspecified atom stereocenters. The number of anilines is 1. The number of hydrogen-bond acceptors (Lipinski definition) is 2. The normalized spacial score (nSPS) is 12.6. The van der Waals surface area contributed by atoms with Crippen LogP contribution in [0.15, 0.2) is 42.5 Å². The van der Waals surface area contributed by atoms with Crippen molar-refractivity contribution in [2.75, 3.05) is 5.32 Å². The van der Waals surface area contributed by atoms with Crippen LogP contribution in [-0.4, -0.2) is 12.0 Å². The quantitative estimate of drug-likeness (QED) is 0.876. The highest BCUT2D eigenvalue weighted by Gasteiger charge is 2.34. The molecule has 0 fully saturated rings. The number of aryl methyl sites for hydroxylation is 1. The molecule has 2 aromatic carbocycles. The molecule has 0 radical (unpaired) electrons. The topological polar surface area (TPSA) is 38.3 Å². The maximum absolute atomic E-state index is 13.0. The molecule has 0 aliphatic rings. The minimum Gasteiger partial charge on any atom is -0.481 e. The molecular formula is C18H18F3NO2. The van der Waals surface area contributed by atoms with Crippen molar-refractivity contribution in [2.24, 2.45) is 0 Å². The third-order valence-electron chi connectivity index (χ3n) is 3.72. The number of halogens is 3. The monoisotopic (exact) mass is 337 g/mol.